The molecule has 0 radical (unpaired) electrons. The fourth-order valence-corrected chi connectivity index (χ4v) is 3.48. The second kappa shape index (κ2) is 8.12. The van der Waals surface area contributed by atoms with Gasteiger partial charge in [-0.1, -0.05) is 39.5 Å². The molecule has 0 unspecified atom stereocenters. The number of rotatable bonds is 8. The van der Waals surface area contributed by atoms with Gasteiger partial charge in [0.1, 0.15) is 0 Å². The molecule has 0 bridgehead atoms. The third-order valence-electron chi connectivity index (χ3n) is 3.81. The molecule has 1 aliphatic rings. The van der Waals surface area contributed by atoms with E-state index in [-0.39, 0.29) is 5.75 Å². The van der Waals surface area contributed by atoms with Crippen molar-refractivity contribution >= 4 is 10.0 Å². The summed E-state index contributed by atoms with van der Waals surface area (Å²) < 4.78 is 26.0. The predicted octanol–water partition coefficient (Wildman–Crippen LogP) is 1.73. The Morgan fingerprint density at radius 2 is 1.78 bits per heavy atom. The zero-order valence-corrected chi connectivity index (χ0v) is 12.6. The van der Waals surface area contributed by atoms with Gasteiger partial charge in [0.25, 0.3) is 0 Å². The van der Waals surface area contributed by atoms with Crippen molar-refractivity contribution in [1.82, 2.24) is 10.0 Å². The Morgan fingerprint density at radius 1 is 1.11 bits per heavy atom. The molecule has 4 nitrogen and oxygen atoms in total. The van der Waals surface area contributed by atoms with Gasteiger partial charge in [-0.15, -0.1) is 0 Å². The van der Waals surface area contributed by atoms with Gasteiger partial charge in [0.05, 0.1) is 5.75 Å². The Kier molecular flexibility index (Phi) is 7.19. The summed E-state index contributed by atoms with van der Waals surface area (Å²) in [5.74, 6) is 1.76. The minimum absolute atomic E-state index is 0.183. The van der Waals surface area contributed by atoms with Gasteiger partial charge in [-0.3, -0.25) is 0 Å². The van der Waals surface area contributed by atoms with Crippen molar-refractivity contribution in [2.24, 2.45) is 11.8 Å². The van der Waals surface area contributed by atoms with Crippen LogP contribution in [0.4, 0.5) is 0 Å². The van der Waals surface area contributed by atoms with Crippen molar-refractivity contribution in [3.8, 4) is 0 Å². The lowest BCUT2D eigenvalue weighted by atomic mass is 9.81. The number of hydrogen-bond donors (Lipinski definition) is 2. The highest BCUT2D eigenvalue weighted by molar-refractivity contribution is 7.89. The lowest BCUT2D eigenvalue weighted by molar-refractivity contribution is 0.278. The maximum atomic E-state index is 11.6. The molecule has 1 rings (SSSR count). The average Bonchev–Trinajstić information content (AvgIpc) is 2.32. The molecule has 0 saturated heterocycles. The Labute approximate surface area is 112 Å². The third-order valence-corrected chi connectivity index (χ3v) is 5.19. The molecular formula is C13H28N2O2S. The first-order chi connectivity index (χ1) is 8.53. The van der Waals surface area contributed by atoms with Gasteiger partial charge in [0.15, 0.2) is 0 Å². The Bertz CT molecular complexity index is 309. The van der Waals surface area contributed by atoms with E-state index in [1.807, 2.05) is 6.92 Å². The van der Waals surface area contributed by atoms with E-state index in [1.165, 1.54) is 25.7 Å². The quantitative estimate of drug-likeness (QED) is 0.664. The first kappa shape index (κ1) is 15.9. The summed E-state index contributed by atoms with van der Waals surface area (Å²) >= 11 is 0. The van der Waals surface area contributed by atoms with Crippen LogP contribution >= 0.6 is 0 Å². The topological polar surface area (TPSA) is 58.2 Å². The van der Waals surface area contributed by atoms with Crippen molar-refractivity contribution in [3.05, 3.63) is 0 Å². The molecule has 0 spiro atoms. The third kappa shape index (κ3) is 6.71. The minimum Gasteiger partial charge on any atom is -0.316 e. The number of hydrogen-bond acceptors (Lipinski definition) is 3. The molecule has 1 fully saturated rings. The van der Waals surface area contributed by atoms with Gasteiger partial charge in [-0.2, -0.15) is 0 Å². The summed E-state index contributed by atoms with van der Waals surface area (Å²) in [7, 11) is -3.08. The highest BCUT2D eigenvalue weighted by Crippen LogP contribution is 2.29. The lowest BCUT2D eigenvalue weighted by Crippen LogP contribution is -2.33. The summed E-state index contributed by atoms with van der Waals surface area (Å²) in [5.41, 5.74) is 0. The van der Waals surface area contributed by atoms with E-state index in [4.69, 9.17) is 0 Å². The van der Waals surface area contributed by atoms with Crippen LogP contribution in [-0.2, 0) is 10.0 Å². The molecule has 1 aliphatic carbocycles. The molecule has 0 aromatic heterocycles. The van der Waals surface area contributed by atoms with Gasteiger partial charge in [0, 0.05) is 13.1 Å². The van der Waals surface area contributed by atoms with Crippen LogP contribution in [0.5, 0.6) is 0 Å². The zero-order valence-electron chi connectivity index (χ0n) is 11.7. The summed E-state index contributed by atoms with van der Waals surface area (Å²) in [6, 6.07) is 0. The van der Waals surface area contributed by atoms with Crippen molar-refractivity contribution < 1.29 is 8.42 Å². The monoisotopic (exact) mass is 276 g/mol. The van der Waals surface area contributed by atoms with E-state index in [0.717, 1.165) is 24.8 Å². The Balaban J connectivity index is 2.12. The van der Waals surface area contributed by atoms with E-state index in [2.05, 4.69) is 17.0 Å². The van der Waals surface area contributed by atoms with Gasteiger partial charge in [-0.05, 0) is 24.8 Å². The summed E-state index contributed by atoms with van der Waals surface area (Å²) in [4.78, 5) is 0. The van der Waals surface area contributed by atoms with Crippen molar-refractivity contribution in [2.75, 3.05) is 25.4 Å². The average molecular weight is 276 g/mol. The molecule has 1 saturated carbocycles. The molecule has 0 heterocycles. The SMILES string of the molecule is CCNCCS(=O)(=O)NCCC1CCC(C)CC1. The lowest BCUT2D eigenvalue weighted by Gasteiger charge is -2.26. The molecule has 0 aromatic carbocycles. The van der Waals surface area contributed by atoms with Gasteiger partial charge >= 0.3 is 0 Å². The molecule has 108 valence electrons. The molecular weight excluding hydrogens is 248 g/mol. The van der Waals surface area contributed by atoms with Crippen molar-refractivity contribution in [2.45, 2.75) is 46.0 Å². The second-order valence-corrected chi connectivity index (χ2v) is 7.41. The maximum Gasteiger partial charge on any atom is 0.212 e. The van der Waals surface area contributed by atoms with Crippen LogP contribution in [0.15, 0.2) is 0 Å². The Hall–Kier alpha value is -0.130. The molecule has 5 heteroatoms. The van der Waals surface area contributed by atoms with Crippen LogP contribution in [-0.4, -0.2) is 33.8 Å². The van der Waals surface area contributed by atoms with Crippen molar-refractivity contribution in [3.63, 3.8) is 0 Å². The molecule has 0 aliphatic heterocycles. The van der Waals surface area contributed by atoms with Gasteiger partial charge in [0.2, 0.25) is 10.0 Å². The molecule has 0 atom stereocenters. The predicted molar refractivity (Wildman–Crippen MR) is 76.1 cm³/mol. The summed E-state index contributed by atoms with van der Waals surface area (Å²) in [6.07, 6.45) is 6.13. The number of nitrogens with one attached hydrogen (secondary N) is 2. The highest BCUT2D eigenvalue weighted by atomic mass is 32.2. The molecule has 0 amide bonds. The van der Waals surface area contributed by atoms with E-state index in [9.17, 15) is 8.42 Å². The van der Waals surface area contributed by atoms with Crippen LogP contribution in [0.25, 0.3) is 0 Å². The fraction of sp³-hybridized carbons (Fsp3) is 1.00. The normalized spacial score (nSPS) is 25.2. The highest BCUT2D eigenvalue weighted by Gasteiger charge is 2.18. The minimum atomic E-state index is -3.08. The standard InChI is InChI=1S/C13H28N2O2S/c1-3-14-10-11-18(16,17)15-9-8-13-6-4-12(2)5-7-13/h12-15H,3-11H2,1-2H3. The number of sulfonamides is 1. The van der Waals surface area contributed by atoms with Crippen LogP contribution in [0.1, 0.15) is 46.0 Å². The molecule has 2 N–H and O–H groups in total. The van der Waals surface area contributed by atoms with Crippen LogP contribution in [0.2, 0.25) is 0 Å². The molecule has 18 heavy (non-hydrogen) atoms. The largest absolute Gasteiger partial charge is 0.316 e. The fourth-order valence-electron chi connectivity index (χ4n) is 2.49. The maximum absolute atomic E-state index is 11.6. The first-order valence-electron chi connectivity index (χ1n) is 7.21. The van der Waals surface area contributed by atoms with Crippen molar-refractivity contribution in [1.29, 1.82) is 0 Å². The summed E-state index contributed by atoms with van der Waals surface area (Å²) in [6.45, 7) is 6.24. The van der Waals surface area contributed by atoms with E-state index in [0.29, 0.717) is 13.1 Å². The van der Waals surface area contributed by atoms with Gasteiger partial charge in [-0.25, -0.2) is 13.1 Å². The van der Waals surface area contributed by atoms with Gasteiger partial charge < -0.3 is 5.32 Å². The summed E-state index contributed by atoms with van der Waals surface area (Å²) in [5, 5.41) is 3.03. The smallest absolute Gasteiger partial charge is 0.212 e. The van der Waals surface area contributed by atoms with Crippen LogP contribution in [0.3, 0.4) is 0 Å². The molecule has 0 aromatic rings. The Morgan fingerprint density at radius 3 is 2.39 bits per heavy atom. The second-order valence-electron chi connectivity index (χ2n) is 5.48. The van der Waals surface area contributed by atoms with E-state index in [1.54, 1.807) is 0 Å². The van der Waals surface area contributed by atoms with Crippen LogP contribution < -0.4 is 10.0 Å². The zero-order chi connectivity index (χ0) is 13.4. The van der Waals surface area contributed by atoms with E-state index >= 15 is 0 Å². The van der Waals surface area contributed by atoms with E-state index < -0.39 is 10.0 Å². The van der Waals surface area contributed by atoms with Crippen LogP contribution in [0, 0.1) is 11.8 Å². The first-order valence-corrected chi connectivity index (χ1v) is 8.86.